The predicted molar refractivity (Wildman–Crippen MR) is 110 cm³/mol. The van der Waals surface area contributed by atoms with Crippen LogP contribution >= 0.6 is 11.3 Å². The summed E-state index contributed by atoms with van der Waals surface area (Å²) in [5.41, 5.74) is 3.61. The first-order chi connectivity index (χ1) is 14.0. The molecule has 0 spiro atoms. The van der Waals surface area contributed by atoms with Gasteiger partial charge in [0.2, 0.25) is 0 Å². The number of thiophene rings is 1. The highest BCUT2D eigenvalue weighted by Crippen LogP contribution is 2.30. The largest absolute Gasteiger partial charge is 0.465 e. The quantitative estimate of drug-likeness (QED) is 0.497. The molecule has 1 N–H and O–H groups in total. The van der Waals surface area contributed by atoms with E-state index in [-0.39, 0.29) is 5.91 Å². The Bertz CT molecular complexity index is 1230. The zero-order valence-electron chi connectivity index (χ0n) is 16.0. The van der Waals surface area contributed by atoms with Crippen LogP contribution in [-0.4, -0.2) is 29.1 Å². The minimum Gasteiger partial charge on any atom is -0.465 e. The van der Waals surface area contributed by atoms with E-state index in [0.717, 1.165) is 10.4 Å². The van der Waals surface area contributed by atoms with Crippen molar-refractivity contribution in [2.45, 2.75) is 13.8 Å². The molecule has 146 valence electrons. The molecule has 0 fully saturated rings. The Hall–Kier alpha value is -3.52. The molecule has 0 aliphatic carbocycles. The molecule has 1 amide bonds. The number of esters is 1. The van der Waals surface area contributed by atoms with Gasteiger partial charge in [0.05, 0.1) is 39.9 Å². The minimum absolute atomic E-state index is 0.304. The number of rotatable bonds is 4. The van der Waals surface area contributed by atoms with Gasteiger partial charge in [-0.15, -0.1) is 11.3 Å². The van der Waals surface area contributed by atoms with Crippen molar-refractivity contribution in [2.75, 3.05) is 12.4 Å². The first kappa shape index (κ1) is 18.8. The van der Waals surface area contributed by atoms with Crippen LogP contribution in [-0.2, 0) is 4.74 Å². The van der Waals surface area contributed by atoms with E-state index >= 15 is 0 Å². The Morgan fingerprint density at radius 1 is 1.17 bits per heavy atom. The summed E-state index contributed by atoms with van der Waals surface area (Å²) in [6.07, 6.45) is 0. The summed E-state index contributed by atoms with van der Waals surface area (Å²) in [4.78, 5) is 30.4. The van der Waals surface area contributed by atoms with Crippen molar-refractivity contribution in [3.05, 3.63) is 64.2 Å². The SMILES string of the molecule is COC(=O)c1ccc(C)c(NC(=O)c2cc(-c3cccs3)nc3onc(C)c23)c1. The van der Waals surface area contributed by atoms with Gasteiger partial charge in [-0.1, -0.05) is 17.3 Å². The van der Waals surface area contributed by atoms with E-state index in [2.05, 4.69) is 15.5 Å². The van der Waals surface area contributed by atoms with Gasteiger partial charge in [-0.3, -0.25) is 4.79 Å². The Morgan fingerprint density at radius 2 is 2.00 bits per heavy atom. The fraction of sp³-hybridized carbons (Fsp3) is 0.143. The van der Waals surface area contributed by atoms with E-state index in [4.69, 9.17) is 9.26 Å². The van der Waals surface area contributed by atoms with Crippen molar-refractivity contribution in [1.29, 1.82) is 0 Å². The molecule has 3 aromatic heterocycles. The van der Waals surface area contributed by atoms with Crippen LogP contribution in [0.3, 0.4) is 0 Å². The summed E-state index contributed by atoms with van der Waals surface area (Å²) < 4.78 is 10.1. The number of fused-ring (bicyclic) bond motifs is 1. The zero-order valence-corrected chi connectivity index (χ0v) is 16.8. The van der Waals surface area contributed by atoms with Crippen LogP contribution in [0, 0.1) is 13.8 Å². The third kappa shape index (κ3) is 3.50. The van der Waals surface area contributed by atoms with Crippen molar-refractivity contribution in [3.63, 3.8) is 0 Å². The molecule has 4 aromatic rings. The lowest BCUT2D eigenvalue weighted by molar-refractivity contribution is 0.0600. The number of aromatic nitrogens is 2. The lowest BCUT2D eigenvalue weighted by Gasteiger charge is -2.11. The lowest BCUT2D eigenvalue weighted by atomic mass is 10.1. The maximum absolute atomic E-state index is 13.2. The number of hydrogen-bond donors (Lipinski definition) is 1. The van der Waals surface area contributed by atoms with Gasteiger partial charge in [-0.05, 0) is 49.1 Å². The first-order valence-electron chi connectivity index (χ1n) is 8.79. The second-order valence-corrected chi connectivity index (χ2v) is 7.40. The highest BCUT2D eigenvalue weighted by atomic mass is 32.1. The Kier molecular flexibility index (Phi) is 4.85. The molecule has 4 rings (SSSR count). The molecule has 29 heavy (non-hydrogen) atoms. The molecule has 0 radical (unpaired) electrons. The molecule has 8 heteroatoms. The molecule has 0 unspecified atom stereocenters. The fourth-order valence-electron chi connectivity index (χ4n) is 3.02. The van der Waals surface area contributed by atoms with Crippen molar-refractivity contribution >= 4 is 40.0 Å². The van der Waals surface area contributed by atoms with Gasteiger partial charge in [0.25, 0.3) is 11.6 Å². The fourth-order valence-corrected chi connectivity index (χ4v) is 3.70. The van der Waals surface area contributed by atoms with Crippen LogP contribution in [0.15, 0.2) is 46.3 Å². The van der Waals surface area contributed by atoms with Gasteiger partial charge in [-0.25, -0.2) is 9.78 Å². The Balaban J connectivity index is 1.78. The molecule has 0 saturated heterocycles. The zero-order chi connectivity index (χ0) is 20.5. The summed E-state index contributed by atoms with van der Waals surface area (Å²) >= 11 is 1.52. The summed E-state index contributed by atoms with van der Waals surface area (Å²) in [6, 6.07) is 10.6. The molecule has 0 bridgehead atoms. The van der Waals surface area contributed by atoms with Crippen molar-refractivity contribution in [3.8, 4) is 10.6 Å². The average Bonchev–Trinajstić information content (AvgIpc) is 3.38. The van der Waals surface area contributed by atoms with Crippen molar-refractivity contribution < 1.29 is 18.8 Å². The number of carbonyl (C=O) groups is 2. The summed E-state index contributed by atoms with van der Waals surface area (Å²) in [7, 11) is 1.31. The van der Waals surface area contributed by atoms with Crippen LogP contribution in [0.5, 0.6) is 0 Å². The molecular formula is C21H17N3O4S. The third-order valence-corrected chi connectivity index (χ3v) is 5.43. The molecule has 7 nitrogen and oxygen atoms in total. The number of carbonyl (C=O) groups excluding carboxylic acids is 2. The van der Waals surface area contributed by atoms with Gasteiger partial charge in [0.15, 0.2) is 0 Å². The number of aryl methyl sites for hydroxylation is 2. The van der Waals surface area contributed by atoms with E-state index < -0.39 is 5.97 Å². The van der Waals surface area contributed by atoms with Crippen molar-refractivity contribution in [2.24, 2.45) is 0 Å². The number of nitrogens with one attached hydrogen (secondary N) is 1. The highest BCUT2D eigenvalue weighted by Gasteiger charge is 2.20. The average molecular weight is 407 g/mol. The number of pyridine rings is 1. The monoisotopic (exact) mass is 407 g/mol. The molecule has 0 aliphatic heterocycles. The van der Waals surface area contributed by atoms with Gasteiger partial charge in [-0.2, -0.15) is 0 Å². The summed E-state index contributed by atoms with van der Waals surface area (Å²) in [6.45, 7) is 3.61. The van der Waals surface area contributed by atoms with Gasteiger partial charge >= 0.3 is 5.97 Å². The number of benzene rings is 1. The smallest absolute Gasteiger partial charge is 0.337 e. The molecule has 0 aliphatic rings. The van der Waals surface area contributed by atoms with Crippen LogP contribution in [0.1, 0.15) is 32.0 Å². The normalized spacial score (nSPS) is 10.9. The van der Waals surface area contributed by atoms with Crippen LogP contribution in [0.2, 0.25) is 0 Å². The van der Waals surface area contributed by atoms with Gasteiger partial charge in [0, 0.05) is 5.69 Å². The number of methoxy groups -OCH3 is 1. The lowest BCUT2D eigenvalue weighted by Crippen LogP contribution is -2.14. The summed E-state index contributed by atoms with van der Waals surface area (Å²) in [5.74, 6) is -0.812. The van der Waals surface area contributed by atoms with Crippen molar-refractivity contribution in [1.82, 2.24) is 10.1 Å². The maximum Gasteiger partial charge on any atom is 0.337 e. The van der Waals surface area contributed by atoms with Crippen LogP contribution in [0.4, 0.5) is 5.69 Å². The van der Waals surface area contributed by atoms with Gasteiger partial charge in [0.1, 0.15) is 0 Å². The molecule has 0 atom stereocenters. The van der Waals surface area contributed by atoms with E-state index in [1.807, 2.05) is 24.4 Å². The third-order valence-electron chi connectivity index (χ3n) is 4.54. The van der Waals surface area contributed by atoms with Crippen LogP contribution < -0.4 is 5.32 Å². The maximum atomic E-state index is 13.2. The van der Waals surface area contributed by atoms with E-state index in [1.54, 1.807) is 31.2 Å². The Labute approximate surface area is 170 Å². The second-order valence-electron chi connectivity index (χ2n) is 6.46. The van der Waals surface area contributed by atoms with Crippen LogP contribution in [0.25, 0.3) is 21.7 Å². The number of hydrogen-bond acceptors (Lipinski definition) is 7. The standard InChI is InChI=1S/C21H17N3O4S/c1-11-6-7-13(21(26)27-3)9-15(11)22-19(25)14-10-16(17-5-4-8-29-17)23-20-18(14)12(2)24-28-20/h4-10H,1-3H3,(H,22,25). The number of ether oxygens (including phenoxy) is 1. The second kappa shape index (κ2) is 7.48. The van der Waals surface area contributed by atoms with E-state index in [0.29, 0.717) is 39.3 Å². The predicted octanol–water partition coefficient (Wildman–Crippen LogP) is 4.61. The molecule has 0 saturated carbocycles. The van der Waals surface area contributed by atoms with E-state index in [9.17, 15) is 9.59 Å². The summed E-state index contributed by atoms with van der Waals surface area (Å²) in [5, 5.41) is 9.34. The van der Waals surface area contributed by atoms with E-state index in [1.165, 1.54) is 18.4 Å². The molecular weight excluding hydrogens is 390 g/mol. The number of nitrogens with zero attached hydrogens (tertiary/aromatic N) is 2. The minimum atomic E-state index is -0.471. The topological polar surface area (TPSA) is 94.3 Å². The van der Waals surface area contributed by atoms with Gasteiger partial charge < -0.3 is 14.6 Å². The number of amides is 1. The number of anilines is 1. The Morgan fingerprint density at radius 3 is 2.72 bits per heavy atom. The molecule has 3 heterocycles. The first-order valence-corrected chi connectivity index (χ1v) is 9.67. The highest BCUT2D eigenvalue weighted by molar-refractivity contribution is 7.13. The molecule has 1 aromatic carbocycles.